The molecule has 1 saturated carbocycles. The average Bonchev–Trinajstić information content (AvgIpc) is 2.12. The second-order valence-corrected chi connectivity index (χ2v) is 5.29. The van der Waals surface area contributed by atoms with Gasteiger partial charge in [0.05, 0.1) is 6.07 Å². The summed E-state index contributed by atoms with van der Waals surface area (Å²) in [6.07, 6.45) is 6.39. The van der Waals surface area contributed by atoms with E-state index in [-0.39, 0.29) is 0 Å². The highest BCUT2D eigenvalue weighted by atomic mass is 14.4. The molecule has 0 heterocycles. The van der Waals surface area contributed by atoms with Gasteiger partial charge in [-0.25, -0.2) is 0 Å². The Hall–Kier alpha value is -0.770. The molecule has 0 aromatic rings. The smallest absolute Gasteiger partial charge is 0.0908 e. The Morgan fingerprint density at radius 2 is 1.93 bits per heavy atom. The van der Waals surface area contributed by atoms with Gasteiger partial charge in [-0.3, -0.25) is 0 Å². The van der Waals surface area contributed by atoms with Gasteiger partial charge in [0.15, 0.2) is 0 Å². The Kier molecular flexibility index (Phi) is 3.37. The Morgan fingerprint density at radius 1 is 1.29 bits per heavy atom. The van der Waals surface area contributed by atoms with E-state index in [1.807, 2.05) is 0 Å². The van der Waals surface area contributed by atoms with E-state index in [0.717, 1.165) is 5.92 Å². The van der Waals surface area contributed by atoms with E-state index in [2.05, 4.69) is 39.8 Å². The molecule has 0 saturated heterocycles. The van der Waals surface area contributed by atoms with Crippen molar-refractivity contribution in [3.63, 3.8) is 0 Å². The molecular weight excluding hydrogens is 170 g/mol. The summed E-state index contributed by atoms with van der Waals surface area (Å²) in [5.41, 5.74) is 0.338. The monoisotopic (exact) mass is 191 g/mol. The molecule has 3 unspecified atom stereocenters. The first kappa shape index (κ1) is 11.3. The SMILES string of the molecule is CC1CCC(C)C(C)(C)C1C=CC#N. The molecule has 0 spiro atoms. The van der Waals surface area contributed by atoms with Crippen molar-refractivity contribution in [2.45, 2.75) is 40.5 Å². The van der Waals surface area contributed by atoms with Crippen molar-refractivity contribution < 1.29 is 0 Å². The molecule has 0 aromatic carbocycles. The van der Waals surface area contributed by atoms with Crippen LogP contribution in [0.4, 0.5) is 0 Å². The van der Waals surface area contributed by atoms with Gasteiger partial charge >= 0.3 is 0 Å². The fourth-order valence-corrected chi connectivity index (χ4v) is 2.71. The predicted octanol–water partition coefficient (Wildman–Crippen LogP) is 3.77. The van der Waals surface area contributed by atoms with Crippen LogP contribution in [-0.2, 0) is 0 Å². The minimum absolute atomic E-state index is 0.338. The van der Waals surface area contributed by atoms with Gasteiger partial charge in [0.25, 0.3) is 0 Å². The predicted molar refractivity (Wildman–Crippen MR) is 59.6 cm³/mol. The molecule has 14 heavy (non-hydrogen) atoms. The number of nitrogens with zero attached hydrogens (tertiary/aromatic N) is 1. The van der Waals surface area contributed by atoms with Crippen LogP contribution < -0.4 is 0 Å². The van der Waals surface area contributed by atoms with Crippen LogP contribution in [0.15, 0.2) is 12.2 Å². The van der Waals surface area contributed by atoms with Crippen LogP contribution in [0.25, 0.3) is 0 Å². The van der Waals surface area contributed by atoms with Gasteiger partial charge in [0, 0.05) is 6.08 Å². The van der Waals surface area contributed by atoms with Gasteiger partial charge in [-0.2, -0.15) is 5.26 Å². The molecule has 1 fully saturated rings. The summed E-state index contributed by atoms with van der Waals surface area (Å²) in [5.74, 6) is 2.03. The number of allylic oxidation sites excluding steroid dienone is 2. The van der Waals surface area contributed by atoms with Crippen molar-refractivity contribution in [1.82, 2.24) is 0 Å². The molecule has 0 N–H and O–H groups in total. The van der Waals surface area contributed by atoms with Gasteiger partial charge in [0.1, 0.15) is 0 Å². The summed E-state index contributed by atoms with van der Waals surface area (Å²) in [6, 6.07) is 2.11. The number of rotatable bonds is 1. The molecule has 3 atom stereocenters. The van der Waals surface area contributed by atoms with Crippen molar-refractivity contribution in [1.29, 1.82) is 5.26 Å². The van der Waals surface area contributed by atoms with Crippen LogP contribution in [0.5, 0.6) is 0 Å². The van der Waals surface area contributed by atoms with Crippen LogP contribution in [0.3, 0.4) is 0 Å². The van der Waals surface area contributed by atoms with E-state index in [1.165, 1.54) is 12.8 Å². The second kappa shape index (κ2) is 4.17. The van der Waals surface area contributed by atoms with E-state index in [9.17, 15) is 0 Å². The average molecular weight is 191 g/mol. The zero-order valence-corrected chi connectivity index (χ0v) is 9.75. The molecule has 0 aliphatic heterocycles. The molecule has 0 radical (unpaired) electrons. The van der Waals surface area contributed by atoms with Gasteiger partial charge in [-0.1, -0.05) is 33.8 Å². The highest BCUT2D eigenvalue weighted by Gasteiger charge is 2.39. The zero-order chi connectivity index (χ0) is 10.8. The largest absolute Gasteiger partial charge is 0.193 e. The summed E-state index contributed by atoms with van der Waals surface area (Å²) in [5, 5.41) is 8.58. The first-order valence-corrected chi connectivity index (χ1v) is 5.56. The second-order valence-electron chi connectivity index (χ2n) is 5.29. The van der Waals surface area contributed by atoms with Crippen molar-refractivity contribution in [2.75, 3.05) is 0 Å². The molecule has 1 aliphatic carbocycles. The molecule has 1 rings (SSSR count). The number of hydrogen-bond donors (Lipinski definition) is 0. The first-order valence-electron chi connectivity index (χ1n) is 5.56. The minimum Gasteiger partial charge on any atom is -0.193 e. The summed E-state index contributed by atoms with van der Waals surface area (Å²) < 4.78 is 0. The lowest BCUT2D eigenvalue weighted by Crippen LogP contribution is -2.38. The zero-order valence-electron chi connectivity index (χ0n) is 9.75. The van der Waals surface area contributed by atoms with E-state index in [0.29, 0.717) is 17.3 Å². The summed E-state index contributed by atoms with van der Waals surface area (Å²) >= 11 is 0. The van der Waals surface area contributed by atoms with E-state index < -0.39 is 0 Å². The molecule has 78 valence electrons. The lowest BCUT2D eigenvalue weighted by atomic mass is 9.59. The maximum absolute atomic E-state index is 8.58. The van der Waals surface area contributed by atoms with Crippen molar-refractivity contribution in [3.05, 3.63) is 12.2 Å². The fourth-order valence-electron chi connectivity index (χ4n) is 2.71. The van der Waals surface area contributed by atoms with Crippen LogP contribution >= 0.6 is 0 Å². The van der Waals surface area contributed by atoms with Gasteiger partial charge < -0.3 is 0 Å². The van der Waals surface area contributed by atoms with Gasteiger partial charge in [-0.15, -0.1) is 0 Å². The van der Waals surface area contributed by atoms with Crippen LogP contribution in [0, 0.1) is 34.5 Å². The van der Waals surface area contributed by atoms with Gasteiger partial charge in [-0.05, 0) is 36.0 Å². The van der Waals surface area contributed by atoms with Gasteiger partial charge in [0.2, 0.25) is 0 Å². The molecular formula is C13H21N. The minimum atomic E-state index is 0.338. The molecule has 0 amide bonds. The molecule has 0 aromatic heterocycles. The van der Waals surface area contributed by atoms with E-state index in [1.54, 1.807) is 6.08 Å². The third kappa shape index (κ3) is 2.00. The normalized spacial score (nSPS) is 36.9. The lowest BCUT2D eigenvalue weighted by molar-refractivity contribution is 0.0593. The van der Waals surface area contributed by atoms with Crippen LogP contribution in [0.2, 0.25) is 0 Å². The standard InChI is InChI=1S/C13H21N/c1-10-7-8-11(2)13(3,4)12(10)6-5-9-14/h5-6,10-12H,7-8H2,1-4H3. The maximum Gasteiger partial charge on any atom is 0.0908 e. The Balaban J connectivity index is 2.86. The quantitative estimate of drug-likeness (QED) is 0.579. The number of nitriles is 1. The highest BCUT2D eigenvalue weighted by molar-refractivity contribution is 5.09. The van der Waals surface area contributed by atoms with Crippen molar-refractivity contribution in [2.24, 2.45) is 23.2 Å². The van der Waals surface area contributed by atoms with Crippen LogP contribution in [-0.4, -0.2) is 0 Å². The first-order chi connectivity index (χ1) is 6.50. The summed E-state index contributed by atoms with van der Waals surface area (Å²) in [6.45, 7) is 9.30. The van der Waals surface area contributed by atoms with E-state index in [4.69, 9.17) is 5.26 Å². The number of hydrogen-bond acceptors (Lipinski definition) is 1. The topological polar surface area (TPSA) is 23.8 Å². The molecule has 1 nitrogen and oxygen atoms in total. The molecule has 1 aliphatic rings. The van der Waals surface area contributed by atoms with Crippen molar-refractivity contribution >= 4 is 0 Å². The summed E-state index contributed by atoms with van der Waals surface area (Å²) in [4.78, 5) is 0. The Labute approximate surface area is 87.8 Å². The summed E-state index contributed by atoms with van der Waals surface area (Å²) in [7, 11) is 0. The Bertz CT molecular complexity index is 257. The third-order valence-electron chi connectivity index (χ3n) is 4.18. The lowest BCUT2D eigenvalue weighted by Gasteiger charge is -2.46. The Morgan fingerprint density at radius 3 is 2.50 bits per heavy atom. The van der Waals surface area contributed by atoms with Crippen LogP contribution in [0.1, 0.15) is 40.5 Å². The van der Waals surface area contributed by atoms with E-state index >= 15 is 0 Å². The maximum atomic E-state index is 8.58. The molecule has 1 heteroatoms. The molecule has 0 bridgehead atoms. The third-order valence-corrected chi connectivity index (χ3v) is 4.18. The fraction of sp³-hybridized carbons (Fsp3) is 0.769. The highest BCUT2D eigenvalue weighted by Crippen LogP contribution is 2.48. The van der Waals surface area contributed by atoms with Crippen molar-refractivity contribution in [3.8, 4) is 6.07 Å².